The molecule has 1 atom stereocenters. The Kier molecular flexibility index (Phi) is 4.52. The quantitative estimate of drug-likeness (QED) is 0.824. The van der Waals surface area contributed by atoms with Crippen LogP contribution in [0.2, 0.25) is 0 Å². The fraction of sp³-hybridized carbons (Fsp3) is 0.923. The largest absolute Gasteiger partial charge is 0.391 e. The van der Waals surface area contributed by atoms with Crippen molar-refractivity contribution in [3.05, 3.63) is 5.82 Å². The molecule has 1 aliphatic heterocycles. The van der Waals surface area contributed by atoms with Crippen molar-refractivity contribution >= 4 is 0 Å². The molecule has 1 aromatic heterocycles. The zero-order chi connectivity index (χ0) is 13.9. The van der Waals surface area contributed by atoms with E-state index in [0.29, 0.717) is 12.2 Å². The topological polar surface area (TPSA) is 67.1 Å². The third-order valence-corrected chi connectivity index (χ3v) is 4.51. The van der Waals surface area contributed by atoms with Gasteiger partial charge in [-0.3, -0.25) is 4.90 Å². The van der Waals surface area contributed by atoms with Gasteiger partial charge >= 0.3 is 0 Å². The van der Waals surface area contributed by atoms with Crippen molar-refractivity contribution in [3.63, 3.8) is 0 Å². The summed E-state index contributed by atoms with van der Waals surface area (Å²) in [5.41, 5.74) is -0.143. The number of aliphatic hydroxyl groups excluding tert-OH is 1. The number of hydrogen-bond acceptors (Lipinski definition) is 5. The van der Waals surface area contributed by atoms with Crippen LogP contribution in [-0.2, 0) is 13.5 Å². The van der Waals surface area contributed by atoms with Crippen LogP contribution in [0.4, 0.5) is 0 Å². The summed E-state index contributed by atoms with van der Waals surface area (Å²) >= 11 is 0. The lowest BCUT2D eigenvalue weighted by atomic mass is 9.83. The van der Waals surface area contributed by atoms with E-state index >= 15 is 0 Å². The molecule has 0 radical (unpaired) electrons. The zero-order valence-corrected chi connectivity index (χ0v) is 12.2. The van der Waals surface area contributed by atoms with E-state index < -0.39 is 6.10 Å². The van der Waals surface area contributed by atoms with E-state index in [9.17, 15) is 5.11 Å². The van der Waals surface area contributed by atoms with Gasteiger partial charge in [0.15, 0.2) is 5.82 Å². The first kappa shape index (κ1) is 14.4. The van der Waals surface area contributed by atoms with Crippen molar-refractivity contribution in [3.8, 4) is 0 Å². The fourth-order valence-corrected chi connectivity index (χ4v) is 3.31. The SMILES string of the molecule is CCC(CC)(C(O)Cc1nnn(C)n1)N1CCCC1. The van der Waals surface area contributed by atoms with E-state index in [-0.39, 0.29) is 5.54 Å². The second kappa shape index (κ2) is 5.96. The van der Waals surface area contributed by atoms with Gasteiger partial charge in [0.05, 0.1) is 13.2 Å². The Morgan fingerprint density at radius 1 is 1.26 bits per heavy atom. The van der Waals surface area contributed by atoms with E-state index in [4.69, 9.17) is 0 Å². The maximum Gasteiger partial charge on any atom is 0.177 e. The molecule has 6 heteroatoms. The molecule has 108 valence electrons. The average molecular weight is 267 g/mol. The number of hydrogen-bond donors (Lipinski definition) is 1. The van der Waals surface area contributed by atoms with Gasteiger partial charge in [-0.25, -0.2) is 0 Å². The smallest absolute Gasteiger partial charge is 0.177 e. The molecule has 1 aromatic rings. The van der Waals surface area contributed by atoms with Gasteiger partial charge in [0.2, 0.25) is 0 Å². The van der Waals surface area contributed by atoms with Crippen molar-refractivity contribution in [1.82, 2.24) is 25.1 Å². The Labute approximate surface area is 114 Å². The molecule has 1 N–H and O–H groups in total. The third kappa shape index (κ3) is 2.79. The van der Waals surface area contributed by atoms with E-state index in [1.54, 1.807) is 7.05 Å². The molecule has 0 bridgehead atoms. The predicted octanol–water partition coefficient (Wildman–Crippen LogP) is 0.768. The summed E-state index contributed by atoms with van der Waals surface area (Å²) in [4.78, 5) is 3.89. The zero-order valence-electron chi connectivity index (χ0n) is 12.2. The monoisotopic (exact) mass is 267 g/mol. The van der Waals surface area contributed by atoms with Crippen LogP contribution in [0.1, 0.15) is 45.4 Å². The number of nitrogens with zero attached hydrogens (tertiary/aromatic N) is 5. The van der Waals surface area contributed by atoms with Crippen molar-refractivity contribution in [2.45, 2.75) is 57.6 Å². The van der Waals surface area contributed by atoms with Crippen molar-refractivity contribution in [2.75, 3.05) is 13.1 Å². The van der Waals surface area contributed by atoms with Gasteiger partial charge in [0, 0.05) is 12.0 Å². The van der Waals surface area contributed by atoms with Crippen LogP contribution < -0.4 is 0 Å². The first-order chi connectivity index (χ1) is 9.12. The minimum Gasteiger partial charge on any atom is -0.391 e. The lowest BCUT2D eigenvalue weighted by Crippen LogP contribution is -2.55. The predicted molar refractivity (Wildman–Crippen MR) is 72.6 cm³/mol. The van der Waals surface area contributed by atoms with E-state index in [1.807, 2.05) is 0 Å². The standard InChI is InChI=1S/C13H25N5O/c1-4-13(5-2,18-8-6-7-9-18)11(19)10-12-14-16-17(3)15-12/h11,19H,4-10H2,1-3H3. The fourth-order valence-electron chi connectivity index (χ4n) is 3.31. The van der Waals surface area contributed by atoms with Crippen LogP contribution in [0, 0.1) is 0 Å². The second-order valence-electron chi connectivity index (χ2n) is 5.42. The van der Waals surface area contributed by atoms with Crippen molar-refractivity contribution in [1.29, 1.82) is 0 Å². The van der Waals surface area contributed by atoms with Crippen LogP contribution in [-0.4, -0.2) is 54.9 Å². The van der Waals surface area contributed by atoms with Crippen molar-refractivity contribution in [2.24, 2.45) is 7.05 Å². The van der Waals surface area contributed by atoms with Gasteiger partial charge in [-0.1, -0.05) is 13.8 Å². The molecule has 1 fully saturated rings. The average Bonchev–Trinajstić information content (AvgIpc) is 3.04. The van der Waals surface area contributed by atoms with Crippen LogP contribution in [0.5, 0.6) is 0 Å². The van der Waals surface area contributed by atoms with Gasteiger partial charge in [-0.15, -0.1) is 10.2 Å². The summed E-state index contributed by atoms with van der Waals surface area (Å²) in [7, 11) is 1.75. The summed E-state index contributed by atoms with van der Waals surface area (Å²) in [5, 5.41) is 22.7. The molecular formula is C13H25N5O. The molecule has 6 nitrogen and oxygen atoms in total. The van der Waals surface area contributed by atoms with Crippen LogP contribution in [0.25, 0.3) is 0 Å². The number of tetrazole rings is 1. The highest BCUT2D eigenvalue weighted by molar-refractivity contribution is 5.00. The molecular weight excluding hydrogens is 242 g/mol. The number of rotatable bonds is 6. The highest BCUT2D eigenvalue weighted by atomic mass is 16.3. The summed E-state index contributed by atoms with van der Waals surface area (Å²) in [5.74, 6) is 0.625. The van der Waals surface area contributed by atoms with Crippen LogP contribution in [0.15, 0.2) is 0 Å². The minimum atomic E-state index is -0.440. The highest BCUT2D eigenvalue weighted by Gasteiger charge is 2.41. The summed E-state index contributed by atoms with van der Waals surface area (Å²) in [6.45, 7) is 6.50. The lowest BCUT2D eigenvalue weighted by Gasteiger charge is -2.44. The molecule has 19 heavy (non-hydrogen) atoms. The summed E-state index contributed by atoms with van der Waals surface area (Å²) < 4.78 is 0. The Bertz CT molecular complexity index is 395. The van der Waals surface area contributed by atoms with Gasteiger partial charge < -0.3 is 5.11 Å². The van der Waals surface area contributed by atoms with Gasteiger partial charge in [0.1, 0.15) is 0 Å². The number of aromatic nitrogens is 4. The summed E-state index contributed by atoms with van der Waals surface area (Å²) in [6, 6.07) is 0. The molecule has 2 heterocycles. The Morgan fingerprint density at radius 2 is 1.89 bits per heavy atom. The number of aryl methyl sites for hydroxylation is 1. The van der Waals surface area contributed by atoms with E-state index in [2.05, 4.69) is 34.2 Å². The maximum absolute atomic E-state index is 10.7. The Balaban J connectivity index is 2.13. The number of likely N-dealkylation sites (tertiary alicyclic amines) is 1. The second-order valence-corrected chi connectivity index (χ2v) is 5.42. The summed E-state index contributed by atoms with van der Waals surface area (Å²) in [6.07, 6.45) is 4.40. The van der Waals surface area contributed by atoms with Gasteiger partial charge in [-0.2, -0.15) is 4.80 Å². The van der Waals surface area contributed by atoms with Gasteiger partial charge in [0.25, 0.3) is 0 Å². The maximum atomic E-state index is 10.7. The third-order valence-electron chi connectivity index (χ3n) is 4.51. The van der Waals surface area contributed by atoms with E-state index in [1.165, 1.54) is 17.6 Å². The molecule has 2 rings (SSSR count). The Morgan fingerprint density at radius 3 is 2.37 bits per heavy atom. The number of aliphatic hydroxyl groups is 1. The molecule has 0 saturated carbocycles. The minimum absolute atomic E-state index is 0.143. The van der Waals surface area contributed by atoms with Crippen molar-refractivity contribution < 1.29 is 5.11 Å². The lowest BCUT2D eigenvalue weighted by molar-refractivity contribution is -0.0279. The first-order valence-corrected chi connectivity index (χ1v) is 7.28. The van der Waals surface area contributed by atoms with Gasteiger partial charge in [-0.05, 0) is 44.0 Å². The molecule has 0 aromatic carbocycles. The first-order valence-electron chi connectivity index (χ1n) is 7.28. The molecule has 0 spiro atoms. The van der Waals surface area contributed by atoms with Crippen LogP contribution in [0.3, 0.4) is 0 Å². The molecule has 0 amide bonds. The van der Waals surface area contributed by atoms with Crippen LogP contribution >= 0.6 is 0 Å². The highest BCUT2D eigenvalue weighted by Crippen LogP contribution is 2.32. The molecule has 0 aliphatic carbocycles. The Hall–Kier alpha value is -1.01. The molecule has 1 unspecified atom stereocenters. The normalized spacial score (nSPS) is 18.9. The molecule has 1 aliphatic rings. The molecule has 1 saturated heterocycles. The van der Waals surface area contributed by atoms with E-state index in [0.717, 1.165) is 25.9 Å².